The number of aromatic carboxylic acids is 1. The van der Waals surface area contributed by atoms with Crippen LogP contribution in [-0.4, -0.2) is 36.7 Å². The van der Waals surface area contributed by atoms with Crippen LogP contribution in [0.15, 0.2) is 82.6 Å². The second-order valence-corrected chi connectivity index (χ2v) is 10.9. The molecule has 0 fully saturated rings. The molecule has 3 N–H and O–H groups in total. The summed E-state index contributed by atoms with van der Waals surface area (Å²) in [7, 11) is -3.83. The smallest absolute Gasteiger partial charge is 0.335 e. The summed E-state index contributed by atoms with van der Waals surface area (Å²) in [6, 6.07) is 18.9. The number of β-amino-alcohol motifs (C(OH)–C–C–N with tert-alkyl or cyclic N) is 1. The van der Waals surface area contributed by atoms with Crippen LogP contribution >= 0.6 is 11.6 Å². The van der Waals surface area contributed by atoms with Gasteiger partial charge in [-0.3, -0.25) is 0 Å². The highest BCUT2D eigenvalue weighted by molar-refractivity contribution is 7.91. The van der Waals surface area contributed by atoms with Crippen molar-refractivity contribution in [2.75, 3.05) is 6.54 Å². The maximum absolute atomic E-state index is 12.9. The van der Waals surface area contributed by atoms with E-state index in [-0.39, 0.29) is 20.9 Å². The Balaban J connectivity index is 1.68. The van der Waals surface area contributed by atoms with Crippen LogP contribution in [0.4, 0.5) is 0 Å². The van der Waals surface area contributed by atoms with Crippen molar-refractivity contribution in [3.05, 3.63) is 94.5 Å². The van der Waals surface area contributed by atoms with Crippen molar-refractivity contribution < 1.29 is 23.4 Å². The predicted molar refractivity (Wildman–Crippen MR) is 127 cm³/mol. The lowest BCUT2D eigenvalue weighted by Crippen LogP contribution is -2.43. The van der Waals surface area contributed by atoms with E-state index in [2.05, 4.69) is 5.32 Å². The third-order valence-corrected chi connectivity index (χ3v) is 7.28. The van der Waals surface area contributed by atoms with Crippen LogP contribution in [0.5, 0.6) is 0 Å². The molecule has 0 aromatic heterocycles. The van der Waals surface area contributed by atoms with Crippen molar-refractivity contribution in [3.63, 3.8) is 0 Å². The van der Waals surface area contributed by atoms with Gasteiger partial charge in [-0.25, -0.2) is 13.2 Å². The zero-order valence-corrected chi connectivity index (χ0v) is 19.9. The molecule has 0 spiro atoms. The lowest BCUT2D eigenvalue weighted by Gasteiger charge is -2.28. The van der Waals surface area contributed by atoms with E-state index in [1.165, 1.54) is 30.3 Å². The van der Waals surface area contributed by atoms with Crippen molar-refractivity contribution in [2.45, 2.75) is 41.7 Å². The van der Waals surface area contributed by atoms with Gasteiger partial charge in [0.25, 0.3) is 0 Å². The molecule has 0 amide bonds. The van der Waals surface area contributed by atoms with Gasteiger partial charge in [0.15, 0.2) is 0 Å². The number of aliphatic hydroxyl groups is 1. The molecule has 33 heavy (non-hydrogen) atoms. The second-order valence-electron chi connectivity index (χ2n) is 8.49. The molecule has 3 aromatic rings. The van der Waals surface area contributed by atoms with Crippen LogP contribution in [0, 0.1) is 0 Å². The van der Waals surface area contributed by atoms with Crippen LogP contribution in [0.3, 0.4) is 0 Å². The lowest BCUT2D eigenvalue weighted by molar-refractivity contribution is 0.0696. The van der Waals surface area contributed by atoms with E-state index in [1.54, 1.807) is 30.3 Å². The third kappa shape index (κ3) is 6.42. The monoisotopic (exact) mass is 487 g/mol. The summed E-state index contributed by atoms with van der Waals surface area (Å²) >= 11 is 5.99. The van der Waals surface area contributed by atoms with E-state index in [9.17, 15) is 18.3 Å². The molecule has 8 heteroatoms. The highest BCUT2D eigenvalue weighted by atomic mass is 35.5. The number of aliphatic hydroxyl groups excluding tert-OH is 1. The molecule has 0 saturated heterocycles. The average molecular weight is 488 g/mol. The summed E-state index contributed by atoms with van der Waals surface area (Å²) in [4.78, 5) is 11.2. The first kappa shape index (κ1) is 24.9. The molecule has 0 radical (unpaired) electrons. The van der Waals surface area contributed by atoms with Gasteiger partial charge >= 0.3 is 5.97 Å². The number of carbonyl (C=O) groups is 1. The Labute approximate surface area is 198 Å². The number of hydrogen-bond donors (Lipinski definition) is 3. The molecule has 0 aliphatic rings. The fourth-order valence-electron chi connectivity index (χ4n) is 3.50. The maximum atomic E-state index is 12.9. The summed E-state index contributed by atoms with van der Waals surface area (Å²) in [6.07, 6.45) is -0.110. The van der Waals surface area contributed by atoms with Crippen molar-refractivity contribution in [1.29, 1.82) is 0 Å². The Bertz CT molecular complexity index is 1240. The van der Waals surface area contributed by atoms with Crippen molar-refractivity contribution in [2.24, 2.45) is 0 Å². The molecule has 0 heterocycles. The van der Waals surface area contributed by atoms with Crippen LogP contribution in [0.1, 0.15) is 41.4 Å². The van der Waals surface area contributed by atoms with E-state index in [4.69, 9.17) is 16.7 Å². The largest absolute Gasteiger partial charge is 0.478 e. The molecule has 3 rings (SSSR count). The van der Waals surface area contributed by atoms with E-state index in [1.807, 2.05) is 19.9 Å². The number of nitrogens with one attached hydrogen (secondary N) is 1. The van der Waals surface area contributed by atoms with E-state index in [0.29, 0.717) is 18.0 Å². The molecular weight excluding hydrogens is 462 g/mol. The third-order valence-electron chi connectivity index (χ3n) is 5.28. The Morgan fingerprint density at radius 1 is 1.00 bits per heavy atom. The van der Waals surface area contributed by atoms with Crippen LogP contribution in [0.25, 0.3) is 0 Å². The number of carboxylic acid groups (broad SMARTS) is 1. The molecule has 0 aliphatic carbocycles. The zero-order chi connectivity index (χ0) is 24.2. The number of sulfone groups is 1. The number of benzene rings is 3. The molecule has 0 saturated carbocycles. The first-order chi connectivity index (χ1) is 15.5. The minimum absolute atomic E-state index is 0.0628. The maximum Gasteiger partial charge on any atom is 0.335 e. The average Bonchev–Trinajstić information content (AvgIpc) is 2.77. The number of halogens is 1. The molecule has 0 unspecified atom stereocenters. The molecule has 174 valence electrons. The van der Waals surface area contributed by atoms with Gasteiger partial charge in [0.1, 0.15) is 0 Å². The topological polar surface area (TPSA) is 104 Å². The molecular formula is C25H26ClNO5S. The molecule has 1 atom stereocenters. The molecule has 0 bridgehead atoms. The van der Waals surface area contributed by atoms with Crippen molar-refractivity contribution in [1.82, 2.24) is 5.32 Å². The van der Waals surface area contributed by atoms with Gasteiger partial charge in [0.05, 0.1) is 21.5 Å². The molecule has 3 aromatic carbocycles. The second kappa shape index (κ2) is 10.1. The van der Waals surface area contributed by atoms with E-state index >= 15 is 0 Å². The summed E-state index contributed by atoms with van der Waals surface area (Å²) in [5, 5.41) is 23.5. The Hall–Kier alpha value is -2.71. The van der Waals surface area contributed by atoms with Gasteiger partial charge in [-0.15, -0.1) is 0 Å². The van der Waals surface area contributed by atoms with E-state index in [0.717, 1.165) is 17.2 Å². The highest BCUT2D eigenvalue weighted by Crippen LogP contribution is 2.24. The first-order valence-electron chi connectivity index (χ1n) is 10.3. The minimum atomic E-state index is -3.83. The quantitative estimate of drug-likeness (QED) is 0.410. The van der Waals surface area contributed by atoms with Gasteiger partial charge in [0.2, 0.25) is 9.84 Å². The van der Waals surface area contributed by atoms with Gasteiger partial charge in [-0.2, -0.15) is 0 Å². The van der Waals surface area contributed by atoms with Crippen LogP contribution < -0.4 is 5.32 Å². The summed E-state index contributed by atoms with van der Waals surface area (Å²) in [6.45, 7) is 4.33. The number of hydrogen-bond acceptors (Lipinski definition) is 5. The van der Waals surface area contributed by atoms with Crippen molar-refractivity contribution >= 4 is 27.4 Å². The number of rotatable bonds is 9. The Kier molecular flexibility index (Phi) is 7.59. The number of carboxylic acids is 1. The van der Waals surface area contributed by atoms with Gasteiger partial charge in [0, 0.05) is 17.1 Å². The van der Waals surface area contributed by atoms with Crippen LogP contribution in [0.2, 0.25) is 5.02 Å². The Morgan fingerprint density at radius 2 is 1.67 bits per heavy atom. The predicted octanol–water partition coefficient (Wildman–Crippen LogP) is 4.52. The van der Waals surface area contributed by atoms with Crippen molar-refractivity contribution in [3.8, 4) is 0 Å². The SMILES string of the molecule is CC(C)(Cc1ccc(S(=O)(=O)c2cccc(C(=O)O)c2)cc1)NC[C@@H](O)c1cccc(Cl)c1. The fourth-order valence-corrected chi connectivity index (χ4v) is 5.00. The van der Waals surface area contributed by atoms with Crippen LogP contribution in [-0.2, 0) is 16.3 Å². The van der Waals surface area contributed by atoms with E-state index < -0.39 is 21.9 Å². The van der Waals surface area contributed by atoms with Gasteiger partial charge < -0.3 is 15.5 Å². The summed E-state index contributed by atoms with van der Waals surface area (Å²) < 4.78 is 25.8. The van der Waals surface area contributed by atoms with Gasteiger partial charge in [-0.05, 0) is 73.9 Å². The zero-order valence-electron chi connectivity index (χ0n) is 18.3. The standard InChI is InChI=1S/C25H26ClNO5S/c1-25(2,27-16-23(28)18-5-3-7-20(26)13-18)15-17-9-11-21(12-10-17)33(31,32)22-8-4-6-19(14-22)24(29)30/h3-14,23,27-28H,15-16H2,1-2H3,(H,29,30)/t23-/m1/s1. The summed E-state index contributed by atoms with van der Waals surface area (Å²) in [5.41, 5.74) is 1.20. The minimum Gasteiger partial charge on any atom is -0.478 e. The first-order valence-corrected chi connectivity index (χ1v) is 12.2. The Morgan fingerprint density at radius 3 is 2.30 bits per heavy atom. The summed E-state index contributed by atoms with van der Waals surface area (Å²) in [5.74, 6) is -1.18. The fraction of sp³-hybridized carbons (Fsp3) is 0.240. The lowest BCUT2D eigenvalue weighted by atomic mass is 9.94. The van der Waals surface area contributed by atoms with Gasteiger partial charge in [-0.1, -0.05) is 41.9 Å². The molecule has 0 aliphatic heterocycles. The molecule has 6 nitrogen and oxygen atoms in total. The highest BCUT2D eigenvalue weighted by Gasteiger charge is 2.22. The normalized spacial score (nSPS) is 13.0.